The fraction of sp³-hybridized carbons (Fsp3) is 0.812. The third-order valence-electron chi connectivity index (χ3n) is 11.0. The molecule has 0 aliphatic rings. The Balaban J connectivity index is 2.14. The van der Waals surface area contributed by atoms with Gasteiger partial charge in [0.2, 0.25) is 11.8 Å². The maximum Gasteiger partial charge on any atom is 0.251 e. The van der Waals surface area contributed by atoms with Crippen molar-refractivity contribution in [2.24, 2.45) is 0 Å². The van der Waals surface area contributed by atoms with Crippen LogP contribution in [0.15, 0.2) is 30.3 Å². The molecule has 0 unspecified atom stereocenters. The minimum absolute atomic E-state index is 0.0551. The summed E-state index contributed by atoms with van der Waals surface area (Å²) < 4.78 is 0. The average Bonchev–Trinajstić information content (AvgIpc) is 3.19. The van der Waals surface area contributed by atoms with Gasteiger partial charge in [-0.05, 0) is 31.4 Å². The van der Waals surface area contributed by atoms with Crippen LogP contribution in [-0.2, 0) is 9.59 Å². The molecule has 312 valence electrons. The second kappa shape index (κ2) is 38.9. The zero-order valence-corrected chi connectivity index (χ0v) is 35.6. The zero-order valence-electron chi connectivity index (χ0n) is 35.6. The number of benzene rings is 1. The van der Waals surface area contributed by atoms with Gasteiger partial charge in [-0.25, -0.2) is 0 Å². The average molecular weight is 754 g/mol. The van der Waals surface area contributed by atoms with Gasteiger partial charge in [-0.2, -0.15) is 0 Å². The van der Waals surface area contributed by atoms with E-state index >= 15 is 0 Å². The van der Waals surface area contributed by atoms with Crippen LogP contribution in [0.1, 0.15) is 243 Å². The molecule has 6 nitrogen and oxygen atoms in total. The molecule has 0 aromatic heterocycles. The van der Waals surface area contributed by atoms with Gasteiger partial charge in [0.05, 0.1) is 0 Å². The van der Waals surface area contributed by atoms with Crippen LogP contribution >= 0.6 is 0 Å². The molecule has 0 saturated carbocycles. The molecular weight excluding hydrogens is 667 g/mol. The molecule has 6 heteroatoms. The van der Waals surface area contributed by atoms with E-state index < -0.39 is 6.04 Å². The highest BCUT2D eigenvalue weighted by molar-refractivity contribution is 5.97. The summed E-state index contributed by atoms with van der Waals surface area (Å²) in [7, 11) is 0. The van der Waals surface area contributed by atoms with Gasteiger partial charge in [-0.1, -0.05) is 225 Å². The fourth-order valence-corrected chi connectivity index (χ4v) is 7.37. The summed E-state index contributed by atoms with van der Waals surface area (Å²) in [5.41, 5.74) is 0.515. The van der Waals surface area contributed by atoms with Crippen molar-refractivity contribution in [3.8, 4) is 0 Å². The third-order valence-corrected chi connectivity index (χ3v) is 11.0. The topological polar surface area (TPSA) is 87.3 Å². The van der Waals surface area contributed by atoms with Crippen molar-refractivity contribution < 1.29 is 14.4 Å². The van der Waals surface area contributed by atoms with E-state index in [0.29, 0.717) is 18.7 Å². The minimum atomic E-state index is -0.736. The lowest BCUT2D eigenvalue weighted by atomic mass is 10.0. The largest absolute Gasteiger partial charge is 0.356 e. The Kier molecular flexibility index (Phi) is 35.8. The van der Waals surface area contributed by atoms with Crippen LogP contribution in [0.5, 0.6) is 0 Å². The molecule has 1 aromatic rings. The number of carbonyl (C=O) groups is 3. The first-order valence-corrected chi connectivity index (χ1v) is 23.5. The van der Waals surface area contributed by atoms with Crippen molar-refractivity contribution in [2.45, 2.75) is 238 Å². The second-order valence-electron chi connectivity index (χ2n) is 16.2. The summed E-state index contributed by atoms with van der Waals surface area (Å²) in [4.78, 5) is 38.7. The Morgan fingerprint density at radius 1 is 0.444 bits per heavy atom. The van der Waals surface area contributed by atoms with E-state index in [-0.39, 0.29) is 30.6 Å². The van der Waals surface area contributed by atoms with Crippen LogP contribution in [-0.4, -0.2) is 36.9 Å². The lowest BCUT2D eigenvalue weighted by Gasteiger charge is -2.18. The Bertz CT molecular complexity index is 985. The number of carbonyl (C=O) groups excluding carboxylic acids is 3. The Morgan fingerprint density at radius 2 is 0.778 bits per heavy atom. The lowest BCUT2D eigenvalue weighted by molar-refractivity contribution is -0.124. The first-order chi connectivity index (χ1) is 26.6. The summed E-state index contributed by atoms with van der Waals surface area (Å²) in [6.45, 7) is 5.83. The smallest absolute Gasteiger partial charge is 0.251 e. The summed E-state index contributed by atoms with van der Waals surface area (Å²) in [5.74, 6) is -0.543. The maximum atomic E-state index is 13.2. The zero-order chi connectivity index (χ0) is 39.0. The Labute approximate surface area is 334 Å². The Hall–Kier alpha value is -2.37. The third kappa shape index (κ3) is 31.9. The van der Waals surface area contributed by atoms with Crippen LogP contribution in [0, 0.1) is 0 Å². The number of hydrogen-bond acceptors (Lipinski definition) is 3. The van der Waals surface area contributed by atoms with Crippen molar-refractivity contribution in [3.63, 3.8) is 0 Å². The molecule has 0 radical (unpaired) electrons. The minimum Gasteiger partial charge on any atom is -0.356 e. The quantitative estimate of drug-likeness (QED) is 0.0583. The van der Waals surface area contributed by atoms with Gasteiger partial charge >= 0.3 is 0 Å². The van der Waals surface area contributed by atoms with Crippen LogP contribution in [0.3, 0.4) is 0 Å². The number of hydrogen-bond donors (Lipinski definition) is 3. The van der Waals surface area contributed by atoms with Crippen molar-refractivity contribution in [3.05, 3.63) is 35.9 Å². The van der Waals surface area contributed by atoms with Crippen molar-refractivity contribution in [2.75, 3.05) is 13.1 Å². The van der Waals surface area contributed by atoms with E-state index in [1.165, 1.54) is 180 Å². The van der Waals surface area contributed by atoms with Gasteiger partial charge in [0, 0.05) is 25.1 Å². The first-order valence-electron chi connectivity index (χ1n) is 23.5. The lowest BCUT2D eigenvalue weighted by Crippen LogP contribution is -2.47. The standard InChI is InChI=1S/C48H87N3O3/c1-3-5-7-9-11-13-15-17-19-21-23-25-27-29-31-36-42-49-46(52)41-40-45(51-47(53)44-38-34-33-35-39-44)48(54)50-43-37-32-30-28-26-24-22-20-18-16-14-12-10-8-6-4-2/h33-35,38-39,45H,3-32,36-37,40-43H2,1-2H3,(H,49,52)(H,50,54)(H,51,53)/t45-/m0/s1. The number of amides is 3. The summed E-state index contributed by atoms with van der Waals surface area (Å²) in [6.07, 6.45) is 42.8. The van der Waals surface area contributed by atoms with Gasteiger partial charge in [0.15, 0.2) is 0 Å². The molecule has 54 heavy (non-hydrogen) atoms. The van der Waals surface area contributed by atoms with E-state index in [9.17, 15) is 14.4 Å². The predicted octanol–water partition coefficient (Wildman–Crippen LogP) is 13.3. The molecule has 0 aliphatic heterocycles. The number of nitrogens with one attached hydrogen (secondary N) is 3. The summed E-state index contributed by atoms with van der Waals surface area (Å²) in [6, 6.07) is 8.24. The van der Waals surface area contributed by atoms with Crippen LogP contribution in [0.4, 0.5) is 0 Å². The van der Waals surface area contributed by atoms with Crippen LogP contribution in [0.2, 0.25) is 0 Å². The number of unbranched alkanes of at least 4 members (excludes halogenated alkanes) is 30. The van der Waals surface area contributed by atoms with Crippen LogP contribution < -0.4 is 16.0 Å². The highest BCUT2D eigenvalue weighted by atomic mass is 16.2. The summed E-state index contributed by atoms with van der Waals surface area (Å²) >= 11 is 0. The van der Waals surface area contributed by atoms with E-state index in [1.807, 2.05) is 18.2 Å². The highest BCUT2D eigenvalue weighted by Crippen LogP contribution is 2.15. The summed E-state index contributed by atoms with van der Waals surface area (Å²) in [5, 5.41) is 8.95. The van der Waals surface area contributed by atoms with Crippen molar-refractivity contribution in [1.82, 2.24) is 16.0 Å². The molecule has 1 atom stereocenters. The fourth-order valence-electron chi connectivity index (χ4n) is 7.37. The molecule has 0 spiro atoms. The molecule has 0 fully saturated rings. The molecule has 3 N–H and O–H groups in total. The molecule has 0 saturated heterocycles. The SMILES string of the molecule is CCCCCCCCCCCCCCCCCCNC(=O)CC[C@H](NC(=O)c1ccccc1)C(=O)NCCCCCCCCCCCCCCCCCC. The molecule has 1 aromatic carbocycles. The maximum absolute atomic E-state index is 13.2. The van der Waals surface area contributed by atoms with Gasteiger partial charge in [-0.15, -0.1) is 0 Å². The Morgan fingerprint density at radius 3 is 1.15 bits per heavy atom. The van der Waals surface area contributed by atoms with E-state index in [4.69, 9.17) is 0 Å². The van der Waals surface area contributed by atoms with Gasteiger partial charge in [0.1, 0.15) is 6.04 Å². The normalized spacial score (nSPS) is 11.7. The second-order valence-corrected chi connectivity index (χ2v) is 16.2. The highest BCUT2D eigenvalue weighted by Gasteiger charge is 2.22. The van der Waals surface area contributed by atoms with Crippen molar-refractivity contribution in [1.29, 1.82) is 0 Å². The molecule has 1 rings (SSSR count). The monoisotopic (exact) mass is 754 g/mol. The van der Waals surface area contributed by atoms with E-state index in [1.54, 1.807) is 12.1 Å². The van der Waals surface area contributed by atoms with Gasteiger partial charge < -0.3 is 16.0 Å². The van der Waals surface area contributed by atoms with Crippen LogP contribution in [0.25, 0.3) is 0 Å². The molecule has 0 heterocycles. The molecular formula is C48H87N3O3. The first kappa shape index (κ1) is 49.6. The van der Waals surface area contributed by atoms with E-state index in [2.05, 4.69) is 29.8 Å². The van der Waals surface area contributed by atoms with E-state index in [0.717, 1.165) is 25.7 Å². The van der Waals surface area contributed by atoms with Crippen molar-refractivity contribution >= 4 is 17.7 Å². The number of rotatable bonds is 40. The van der Waals surface area contributed by atoms with Gasteiger partial charge in [-0.3, -0.25) is 14.4 Å². The predicted molar refractivity (Wildman–Crippen MR) is 232 cm³/mol. The molecule has 3 amide bonds. The molecule has 0 aliphatic carbocycles. The molecule has 0 bridgehead atoms. The van der Waals surface area contributed by atoms with Gasteiger partial charge in [0.25, 0.3) is 5.91 Å².